The van der Waals surface area contributed by atoms with Crippen molar-refractivity contribution in [3.8, 4) is 5.75 Å². The van der Waals surface area contributed by atoms with E-state index in [0.29, 0.717) is 5.75 Å². The number of hydrazine groups is 1. The number of pyridine rings is 1. The molecule has 0 atom stereocenters. The third kappa shape index (κ3) is 5.88. The van der Waals surface area contributed by atoms with Crippen LogP contribution < -0.4 is 21.1 Å². The van der Waals surface area contributed by atoms with Crippen molar-refractivity contribution in [3.05, 3.63) is 63.5 Å². The van der Waals surface area contributed by atoms with Crippen LogP contribution in [0.15, 0.2) is 57.9 Å². The Labute approximate surface area is 146 Å². The summed E-state index contributed by atoms with van der Waals surface area (Å²) in [5.41, 5.74) is 4.35. The summed E-state index contributed by atoms with van der Waals surface area (Å²) in [5, 5.41) is 0. The minimum atomic E-state index is -0.483. The van der Waals surface area contributed by atoms with Crippen molar-refractivity contribution in [2.45, 2.75) is 13.0 Å². The summed E-state index contributed by atoms with van der Waals surface area (Å²) >= 11 is 3.30. The van der Waals surface area contributed by atoms with Gasteiger partial charge in [-0.2, -0.15) is 0 Å². The van der Waals surface area contributed by atoms with Crippen molar-refractivity contribution >= 4 is 27.7 Å². The van der Waals surface area contributed by atoms with Crippen molar-refractivity contribution in [1.29, 1.82) is 0 Å². The zero-order chi connectivity index (χ0) is 17.4. The molecule has 0 unspecified atom stereocenters. The Kier molecular flexibility index (Phi) is 6.56. The number of amides is 2. The molecule has 0 saturated heterocycles. The van der Waals surface area contributed by atoms with Crippen molar-refractivity contribution in [2.24, 2.45) is 0 Å². The topological polar surface area (TPSA) is 89.4 Å². The lowest BCUT2D eigenvalue weighted by Gasteiger charge is -2.09. The van der Waals surface area contributed by atoms with E-state index in [1.165, 1.54) is 10.6 Å². The standard InChI is InChI=1S/C16H16BrN3O4/c17-12-4-6-13(7-5-12)24-11-15(22)19-18-14(21)8-10-20-9-2-1-3-16(20)23/h1-7,9H,8,10-11H2,(H,18,21)(H,19,22). The maximum Gasteiger partial charge on any atom is 0.276 e. The van der Waals surface area contributed by atoms with Gasteiger partial charge in [-0.25, -0.2) is 0 Å². The van der Waals surface area contributed by atoms with Gasteiger partial charge in [0.1, 0.15) is 5.75 Å². The molecule has 7 nitrogen and oxygen atoms in total. The van der Waals surface area contributed by atoms with E-state index in [0.717, 1.165) is 4.47 Å². The fourth-order valence-corrected chi connectivity index (χ4v) is 2.05. The van der Waals surface area contributed by atoms with E-state index in [4.69, 9.17) is 4.74 Å². The van der Waals surface area contributed by atoms with Gasteiger partial charge in [-0.1, -0.05) is 22.0 Å². The monoisotopic (exact) mass is 393 g/mol. The molecule has 0 fully saturated rings. The first-order valence-corrected chi connectivity index (χ1v) is 7.95. The number of ether oxygens (including phenoxy) is 1. The second-order valence-electron chi connectivity index (χ2n) is 4.82. The van der Waals surface area contributed by atoms with Gasteiger partial charge < -0.3 is 9.30 Å². The molecule has 0 saturated carbocycles. The van der Waals surface area contributed by atoms with Crippen molar-refractivity contribution in [1.82, 2.24) is 15.4 Å². The Morgan fingerprint density at radius 2 is 1.75 bits per heavy atom. The molecule has 24 heavy (non-hydrogen) atoms. The Hall–Kier alpha value is -2.61. The zero-order valence-electron chi connectivity index (χ0n) is 12.7. The molecule has 0 spiro atoms. The van der Waals surface area contributed by atoms with Crippen molar-refractivity contribution < 1.29 is 14.3 Å². The van der Waals surface area contributed by atoms with Crippen molar-refractivity contribution in [3.63, 3.8) is 0 Å². The number of hydrogen-bond donors (Lipinski definition) is 2. The molecule has 0 radical (unpaired) electrons. The second kappa shape index (κ2) is 8.88. The summed E-state index contributed by atoms with van der Waals surface area (Å²) in [6.07, 6.45) is 1.66. The van der Waals surface area contributed by atoms with Gasteiger partial charge in [0.15, 0.2) is 6.61 Å². The van der Waals surface area contributed by atoms with Crippen LogP contribution in [0, 0.1) is 0 Å². The van der Waals surface area contributed by atoms with Crippen LogP contribution in [-0.4, -0.2) is 23.0 Å². The van der Waals surface area contributed by atoms with Gasteiger partial charge in [0, 0.05) is 29.7 Å². The van der Waals surface area contributed by atoms with Gasteiger partial charge in [-0.15, -0.1) is 0 Å². The van der Waals surface area contributed by atoms with Crippen LogP contribution >= 0.6 is 15.9 Å². The van der Waals surface area contributed by atoms with Crippen LogP contribution in [0.5, 0.6) is 5.75 Å². The van der Waals surface area contributed by atoms with Gasteiger partial charge in [0.05, 0.1) is 0 Å². The number of carbonyl (C=O) groups excluding carboxylic acids is 2. The number of benzene rings is 1. The SMILES string of the molecule is O=C(CCn1ccccc1=O)NNC(=O)COc1ccc(Br)cc1. The molecule has 2 rings (SSSR count). The Bertz CT molecular complexity index is 758. The van der Waals surface area contributed by atoms with Gasteiger partial charge in [-0.3, -0.25) is 25.2 Å². The smallest absolute Gasteiger partial charge is 0.276 e. The number of aromatic nitrogens is 1. The highest BCUT2D eigenvalue weighted by atomic mass is 79.9. The summed E-state index contributed by atoms with van der Waals surface area (Å²) in [6, 6.07) is 11.8. The average Bonchev–Trinajstić information content (AvgIpc) is 2.58. The van der Waals surface area contributed by atoms with Crippen LogP contribution in [-0.2, 0) is 16.1 Å². The molecule has 2 N–H and O–H groups in total. The zero-order valence-corrected chi connectivity index (χ0v) is 14.3. The Balaban J connectivity index is 1.67. The summed E-state index contributed by atoms with van der Waals surface area (Å²) < 4.78 is 7.59. The maximum atomic E-state index is 11.7. The number of rotatable bonds is 6. The highest BCUT2D eigenvalue weighted by molar-refractivity contribution is 9.10. The average molecular weight is 394 g/mol. The number of hydrogen-bond acceptors (Lipinski definition) is 4. The molecule has 2 amide bonds. The van der Waals surface area contributed by atoms with Crippen LogP contribution in [0.3, 0.4) is 0 Å². The molecular formula is C16H16BrN3O4. The number of nitrogens with one attached hydrogen (secondary N) is 2. The highest BCUT2D eigenvalue weighted by Crippen LogP contribution is 2.15. The molecule has 1 aromatic heterocycles. The van der Waals surface area contributed by atoms with Gasteiger partial charge in [-0.05, 0) is 30.3 Å². The van der Waals surface area contributed by atoms with E-state index in [1.807, 2.05) is 0 Å². The largest absolute Gasteiger partial charge is 0.484 e. The van der Waals surface area contributed by atoms with Gasteiger partial charge in [0.2, 0.25) is 5.91 Å². The number of aryl methyl sites for hydroxylation is 1. The fourth-order valence-electron chi connectivity index (χ4n) is 1.79. The molecule has 126 valence electrons. The number of nitrogens with zero attached hydrogens (tertiary/aromatic N) is 1. The predicted octanol–water partition coefficient (Wildman–Crippen LogP) is 1.23. The van der Waals surface area contributed by atoms with E-state index >= 15 is 0 Å². The van der Waals surface area contributed by atoms with E-state index in [1.54, 1.807) is 42.6 Å². The summed E-state index contributed by atoms with van der Waals surface area (Å²) in [5.74, 6) is -0.339. The Morgan fingerprint density at radius 1 is 1.04 bits per heavy atom. The minimum absolute atomic E-state index is 0.0672. The molecule has 0 aliphatic heterocycles. The third-order valence-electron chi connectivity index (χ3n) is 3.00. The summed E-state index contributed by atoms with van der Waals surface area (Å²) in [4.78, 5) is 34.7. The van der Waals surface area contributed by atoms with Crippen LogP contribution in [0.25, 0.3) is 0 Å². The molecule has 0 aliphatic carbocycles. The number of carbonyl (C=O) groups is 2. The fraction of sp³-hybridized carbons (Fsp3) is 0.188. The van der Waals surface area contributed by atoms with Crippen molar-refractivity contribution in [2.75, 3.05) is 6.61 Å². The lowest BCUT2D eigenvalue weighted by Crippen LogP contribution is -2.44. The predicted molar refractivity (Wildman–Crippen MR) is 91.2 cm³/mol. The summed E-state index contributed by atoms with van der Waals surface area (Å²) in [6.45, 7) is 0.0107. The normalized spacial score (nSPS) is 10.0. The van der Waals surface area contributed by atoms with E-state index in [-0.39, 0.29) is 25.1 Å². The molecule has 0 aliphatic rings. The van der Waals surface area contributed by atoms with Crippen LogP contribution in [0.2, 0.25) is 0 Å². The van der Waals surface area contributed by atoms with E-state index in [9.17, 15) is 14.4 Å². The van der Waals surface area contributed by atoms with Crippen LogP contribution in [0.4, 0.5) is 0 Å². The molecule has 1 aromatic carbocycles. The first-order chi connectivity index (χ1) is 11.5. The maximum absolute atomic E-state index is 11.7. The first-order valence-electron chi connectivity index (χ1n) is 7.16. The molecule has 0 bridgehead atoms. The lowest BCUT2D eigenvalue weighted by molar-refractivity contribution is -0.130. The molecule has 2 aromatic rings. The Morgan fingerprint density at radius 3 is 2.46 bits per heavy atom. The first kappa shape index (κ1) is 17.7. The minimum Gasteiger partial charge on any atom is -0.484 e. The van der Waals surface area contributed by atoms with E-state index in [2.05, 4.69) is 26.8 Å². The molecule has 1 heterocycles. The van der Waals surface area contributed by atoms with E-state index < -0.39 is 11.8 Å². The molecule has 8 heteroatoms. The lowest BCUT2D eigenvalue weighted by atomic mass is 10.3. The third-order valence-corrected chi connectivity index (χ3v) is 3.53. The van der Waals surface area contributed by atoms with Gasteiger partial charge in [0.25, 0.3) is 11.5 Å². The van der Waals surface area contributed by atoms with Gasteiger partial charge >= 0.3 is 0 Å². The quantitative estimate of drug-likeness (QED) is 0.722. The molecular weight excluding hydrogens is 378 g/mol. The summed E-state index contributed by atoms with van der Waals surface area (Å²) in [7, 11) is 0. The second-order valence-corrected chi connectivity index (χ2v) is 5.74. The number of halogens is 1. The van der Waals surface area contributed by atoms with Crippen LogP contribution in [0.1, 0.15) is 6.42 Å². The highest BCUT2D eigenvalue weighted by Gasteiger charge is 2.06.